The highest BCUT2D eigenvalue weighted by molar-refractivity contribution is 7.92. The summed E-state index contributed by atoms with van der Waals surface area (Å²) in [6, 6.07) is 6.96. The van der Waals surface area contributed by atoms with Crippen LogP contribution in [0, 0.1) is 6.92 Å². The maximum Gasteiger partial charge on any atom is 0.281 e. The van der Waals surface area contributed by atoms with Gasteiger partial charge in [0, 0.05) is 36.7 Å². The van der Waals surface area contributed by atoms with Gasteiger partial charge in [0.25, 0.3) is 10.0 Å². The number of H-pyrrole nitrogens is 1. The Balaban J connectivity index is 2.28. The number of hydrogen-bond donors (Lipinski definition) is 3. The molecule has 0 aliphatic heterocycles. The Hall–Kier alpha value is -2.06. The third-order valence-corrected chi connectivity index (χ3v) is 4.44. The average Bonchev–Trinajstić information content (AvgIpc) is 2.80. The second-order valence-corrected chi connectivity index (χ2v) is 6.43. The zero-order valence-corrected chi connectivity index (χ0v) is 12.9. The highest BCUT2D eigenvalue weighted by Gasteiger charge is 2.23. The third kappa shape index (κ3) is 3.17. The zero-order chi connectivity index (χ0) is 15.6. The fourth-order valence-corrected chi connectivity index (χ4v) is 3.12. The number of rotatable bonds is 5. The van der Waals surface area contributed by atoms with Crippen LogP contribution in [0.1, 0.15) is 11.3 Å². The van der Waals surface area contributed by atoms with E-state index in [0.29, 0.717) is 11.4 Å². The highest BCUT2D eigenvalue weighted by atomic mass is 32.2. The monoisotopic (exact) mass is 310 g/mol. The van der Waals surface area contributed by atoms with Gasteiger partial charge in [0.05, 0.1) is 6.61 Å². The second-order valence-electron chi connectivity index (χ2n) is 4.84. The van der Waals surface area contributed by atoms with Gasteiger partial charge in [0.2, 0.25) is 5.03 Å². The molecule has 2 rings (SSSR count). The molecular weight excluding hydrogens is 292 g/mol. The summed E-state index contributed by atoms with van der Waals surface area (Å²) in [6.45, 7) is 1.27. The molecule has 0 saturated heterocycles. The van der Waals surface area contributed by atoms with Crippen molar-refractivity contribution in [3.63, 3.8) is 0 Å². The van der Waals surface area contributed by atoms with Crippen LogP contribution in [0.5, 0.6) is 0 Å². The number of nitrogens with one attached hydrogen (secondary N) is 2. The molecule has 8 heteroatoms. The van der Waals surface area contributed by atoms with Gasteiger partial charge in [-0.15, -0.1) is 0 Å². The largest absolute Gasteiger partial charge is 0.392 e. The molecule has 21 heavy (non-hydrogen) atoms. The van der Waals surface area contributed by atoms with Crippen LogP contribution in [-0.4, -0.2) is 37.8 Å². The van der Waals surface area contributed by atoms with E-state index < -0.39 is 16.6 Å². The number of aliphatic hydroxyl groups is 1. The lowest BCUT2D eigenvalue weighted by Crippen LogP contribution is -2.15. The first-order valence-corrected chi connectivity index (χ1v) is 7.78. The Morgan fingerprint density at radius 2 is 1.90 bits per heavy atom. The average molecular weight is 310 g/mol. The van der Waals surface area contributed by atoms with Crippen molar-refractivity contribution < 1.29 is 13.5 Å². The molecule has 2 aromatic rings. The van der Waals surface area contributed by atoms with Gasteiger partial charge in [-0.1, -0.05) is 0 Å². The standard InChI is InChI=1S/C13H18N4O3S/c1-9-12(8-18)13(15-14-9)21(19,20)16-10-4-6-11(7-5-10)17(2)3/h4-7,16,18H,8H2,1-3H3,(H,14,15). The Kier molecular flexibility index (Phi) is 4.19. The number of nitrogens with zero attached hydrogens (tertiary/aromatic N) is 2. The Labute approximate surface area is 123 Å². The molecule has 0 saturated carbocycles. The summed E-state index contributed by atoms with van der Waals surface area (Å²) < 4.78 is 27.0. The lowest BCUT2D eigenvalue weighted by molar-refractivity contribution is 0.277. The van der Waals surface area contributed by atoms with Crippen molar-refractivity contribution in [1.29, 1.82) is 0 Å². The van der Waals surface area contributed by atoms with Crippen LogP contribution in [0.25, 0.3) is 0 Å². The van der Waals surface area contributed by atoms with E-state index >= 15 is 0 Å². The first-order chi connectivity index (χ1) is 9.85. The molecule has 0 fully saturated rings. The normalized spacial score (nSPS) is 11.4. The number of benzene rings is 1. The van der Waals surface area contributed by atoms with E-state index in [1.807, 2.05) is 19.0 Å². The third-order valence-electron chi connectivity index (χ3n) is 3.08. The van der Waals surface area contributed by atoms with Crippen molar-refractivity contribution in [2.45, 2.75) is 18.6 Å². The molecule has 1 aromatic carbocycles. The zero-order valence-electron chi connectivity index (χ0n) is 12.1. The molecule has 0 aliphatic carbocycles. The van der Waals surface area contributed by atoms with Crippen LogP contribution in [0.4, 0.5) is 11.4 Å². The predicted octanol–water partition coefficient (Wildman–Crippen LogP) is 1.08. The summed E-state index contributed by atoms with van der Waals surface area (Å²) >= 11 is 0. The van der Waals surface area contributed by atoms with Crippen molar-refractivity contribution in [3.05, 3.63) is 35.5 Å². The van der Waals surface area contributed by atoms with E-state index in [9.17, 15) is 13.5 Å². The topological polar surface area (TPSA) is 98.3 Å². The summed E-state index contributed by atoms with van der Waals surface area (Å²) in [5.74, 6) is 0. The fraction of sp³-hybridized carbons (Fsp3) is 0.308. The van der Waals surface area contributed by atoms with E-state index in [2.05, 4.69) is 14.9 Å². The number of anilines is 2. The Morgan fingerprint density at radius 1 is 1.29 bits per heavy atom. The molecule has 0 aliphatic rings. The number of sulfonamides is 1. The first-order valence-electron chi connectivity index (χ1n) is 6.30. The van der Waals surface area contributed by atoms with Crippen LogP contribution < -0.4 is 9.62 Å². The van der Waals surface area contributed by atoms with Gasteiger partial charge in [-0.25, -0.2) is 0 Å². The van der Waals surface area contributed by atoms with Crippen LogP contribution in [0.2, 0.25) is 0 Å². The number of aryl methyl sites for hydroxylation is 1. The molecule has 0 bridgehead atoms. The predicted molar refractivity (Wildman–Crippen MR) is 80.8 cm³/mol. The Morgan fingerprint density at radius 3 is 2.43 bits per heavy atom. The van der Waals surface area contributed by atoms with E-state index in [-0.39, 0.29) is 10.6 Å². The molecular formula is C13H18N4O3S. The number of hydrogen-bond acceptors (Lipinski definition) is 5. The SMILES string of the molecule is Cc1[nH]nc(S(=O)(=O)Nc2ccc(N(C)C)cc2)c1CO. The van der Waals surface area contributed by atoms with Crippen LogP contribution in [0.3, 0.4) is 0 Å². The molecule has 3 N–H and O–H groups in total. The van der Waals surface area contributed by atoms with Gasteiger partial charge in [0.1, 0.15) is 0 Å². The minimum atomic E-state index is -3.83. The van der Waals surface area contributed by atoms with E-state index in [4.69, 9.17) is 0 Å². The number of aromatic nitrogens is 2. The van der Waals surface area contributed by atoms with Crippen LogP contribution >= 0.6 is 0 Å². The van der Waals surface area contributed by atoms with Crippen LogP contribution in [-0.2, 0) is 16.6 Å². The van der Waals surface area contributed by atoms with E-state index in [1.165, 1.54) is 0 Å². The van der Waals surface area contributed by atoms with Gasteiger partial charge in [-0.05, 0) is 31.2 Å². The van der Waals surface area contributed by atoms with E-state index in [1.54, 1.807) is 31.2 Å². The maximum absolute atomic E-state index is 12.3. The van der Waals surface area contributed by atoms with E-state index in [0.717, 1.165) is 5.69 Å². The highest BCUT2D eigenvalue weighted by Crippen LogP contribution is 2.21. The Bertz CT molecular complexity index is 720. The lowest BCUT2D eigenvalue weighted by Gasteiger charge is -2.13. The quantitative estimate of drug-likeness (QED) is 0.767. The minimum absolute atomic E-state index is 0.181. The molecule has 0 unspecified atom stereocenters. The lowest BCUT2D eigenvalue weighted by atomic mass is 10.3. The summed E-state index contributed by atoms with van der Waals surface area (Å²) in [6.07, 6.45) is 0. The number of aromatic amines is 1. The first kappa shape index (κ1) is 15.3. The van der Waals surface area contributed by atoms with Gasteiger partial charge < -0.3 is 10.0 Å². The molecule has 0 amide bonds. The molecule has 0 spiro atoms. The van der Waals surface area contributed by atoms with Crippen molar-refractivity contribution in [2.24, 2.45) is 0 Å². The molecule has 0 radical (unpaired) electrons. The van der Waals surface area contributed by atoms with Gasteiger partial charge in [0.15, 0.2) is 0 Å². The fourth-order valence-electron chi connectivity index (χ4n) is 1.87. The van der Waals surface area contributed by atoms with Crippen molar-refractivity contribution in [2.75, 3.05) is 23.7 Å². The van der Waals surface area contributed by atoms with Crippen molar-refractivity contribution in [1.82, 2.24) is 10.2 Å². The van der Waals surface area contributed by atoms with Crippen molar-refractivity contribution in [3.8, 4) is 0 Å². The van der Waals surface area contributed by atoms with Crippen molar-refractivity contribution >= 4 is 21.4 Å². The summed E-state index contributed by atoms with van der Waals surface area (Å²) in [5, 5.41) is 15.4. The van der Waals surface area contributed by atoms with Gasteiger partial charge in [-0.2, -0.15) is 13.5 Å². The maximum atomic E-state index is 12.3. The molecule has 114 valence electrons. The smallest absolute Gasteiger partial charge is 0.281 e. The molecule has 1 aromatic heterocycles. The molecule has 7 nitrogen and oxygen atoms in total. The second kappa shape index (κ2) is 5.74. The van der Waals surface area contributed by atoms with Gasteiger partial charge >= 0.3 is 0 Å². The summed E-state index contributed by atoms with van der Waals surface area (Å²) in [7, 11) is -0.0303. The minimum Gasteiger partial charge on any atom is -0.392 e. The molecule has 1 heterocycles. The van der Waals surface area contributed by atoms with Crippen LogP contribution in [0.15, 0.2) is 29.3 Å². The number of aliphatic hydroxyl groups excluding tert-OH is 1. The van der Waals surface area contributed by atoms with Gasteiger partial charge in [-0.3, -0.25) is 9.82 Å². The summed E-state index contributed by atoms with van der Waals surface area (Å²) in [4.78, 5) is 1.92. The molecule has 0 atom stereocenters. The summed E-state index contributed by atoms with van der Waals surface area (Å²) in [5.41, 5.74) is 2.20.